The Kier molecular flexibility index (Phi) is 7.67. The van der Waals surface area contributed by atoms with E-state index in [1.165, 1.54) is 12.1 Å². The number of likely N-dealkylation sites (tertiary alicyclic amines) is 1. The average molecular weight is 666 g/mol. The maximum absolute atomic E-state index is 15.0. The van der Waals surface area contributed by atoms with Crippen molar-refractivity contribution in [1.29, 1.82) is 0 Å². The Morgan fingerprint density at radius 3 is 2.00 bits per heavy atom. The summed E-state index contributed by atoms with van der Waals surface area (Å²) in [6.07, 6.45) is -14.0. The molecule has 0 aromatic heterocycles. The van der Waals surface area contributed by atoms with Gasteiger partial charge in [-0.05, 0) is 61.8 Å². The number of nitrogens with zero attached hydrogens (tertiary/aromatic N) is 1. The summed E-state index contributed by atoms with van der Waals surface area (Å²) in [6, 6.07) is 4.40. The molecule has 45 heavy (non-hydrogen) atoms. The fraction of sp³-hybridized carbons (Fsp3) is 0.483. The lowest BCUT2D eigenvalue weighted by atomic mass is 9.78. The molecule has 1 amide bonds. The van der Waals surface area contributed by atoms with Crippen molar-refractivity contribution in [3.8, 4) is 0 Å². The SMILES string of the molecule is O=Cc1ccc(S(=O)(=O)C23CCN(C(=O)[C@]4(O)CC[C@@H](C(=O)O)CC4)C2Cc2cc(C(F)(C(F)(F)F)C(F)(F)F)ccc23)cc1. The van der Waals surface area contributed by atoms with Crippen LogP contribution in [0.1, 0.15) is 59.2 Å². The third kappa shape index (κ3) is 4.73. The number of alkyl halides is 7. The molecule has 0 radical (unpaired) electrons. The summed E-state index contributed by atoms with van der Waals surface area (Å²) in [6.45, 7) is -0.279. The van der Waals surface area contributed by atoms with Gasteiger partial charge in [-0.1, -0.05) is 30.3 Å². The van der Waals surface area contributed by atoms with E-state index < -0.39 is 74.0 Å². The van der Waals surface area contributed by atoms with Crippen LogP contribution in [-0.4, -0.2) is 72.2 Å². The van der Waals surface area contributed by atoms with E-state index in [1.54, 1.807) is 0 Å². The predicted molar refractivity (Wildman–Crippen MR) is 140 cm³/mol. The van der Waals surface area contributed by atoms with E-state index in [1.807, 2.05) is 0 Å². The molecule has 0 spiro atoms. The summed E-state index contributed by atoms with van der Waals surface area (Å²) < 4.78 is 123. The van der Waals surface area contributed by atoms with Gasteiger partial charge in [-0.25, -0.2) is 12.8 Å². The van der Waals surface area contributed by atoms with Gasteiger partial charge in [0.15, 0.2) is 9.84 Å². The lowest BCUT2D eigenvalue weighted by molar-refractivity contribution is -0.348. The van der Waals surface area contributed by atoms with E-state index in [-0.39, 0.29) is 66.3 Å². The summed E-state index contributed by atoms with van der Waals surface area (Å²) in [5.41, 5.74) is -10.2. The van der Waals surface area contributed by atoms with Gasteiger partial charge in [0, 0.05) is 17.7 Å². The second kappa shape index (κ2) is 10.5. The highest BCUT2D eigenvalue weighted by Gasteiger charge is 2.74. The number of benzene rings is 2. The van der Waals surface area contributed by atoms with Gasteiger partial charge in [-0.2, -0.15) is 26.3 Å². The minimum absolute atomic E-state index is 0.0698. The predicted octanol–water partition coefficient (Wildman–Crippen LogP) is 4.62. The molecule has 2 aromatic carbocycles. The minimum atomic E-state index is -6.42. The number of fused-ring (bicyclic) bond motifs is 3. The highest BCUT2D eigenvalue weighted by atomic mass is 32.2. The van der Waals surface area contributed by atoms with Crippen LogP contribution in [0.3, 0.4) is 0 Å². The van der Waals surface area contributed by atoms with Crippen molar-refractivity contribution in [3.05, 3.63) is 64.7 Å². The minimum Gasteiger partial charge on any atom is -0.481 e. The summed E-state index contributed by atoms with van der Waals surface area (Å²) in [7, 11) is -4.62. The zero-order valence-corrected chi connectivity index (χ0v) is 24.0. The van der Waals surface area contributed by atoms with Crippen molar-refractivity contribution in [3.63, 3.8) is 0 Å². The van der Waals surface area contributed by atoms with Gasteiger partial charge >= 0.3 is 24.0 Å². The van der Waals surface area contributed by atoms with Gasteiger partial charge in [0.25, 0.3) is 5.91 Å². The monoisotopic (exact) mass is 665 g/mol. The Hall–Kier alpha value is -3.53. The van der Waals surface area contributed by atoms with Gasteiger partial charge in [-0.15, -0.1) is 0 Å². The molecule has 2 atom stereocenters. The molecule has 3 aliphatic rings. The summed E-state index contributed by atoms with van der Waals surface area (Å²) in [4.78, 5) is 37.0. The Morgan fingerprint density at radius 2 is 1.49 bits per heavy atom. The van der Waals surface area contributed by atoms with E-state index in [9.17, 15) is 59.4 Å². The molecule has 16 heteroatoms. The molecule has 2 aliphatic carbocycles. The smallest absolute Gasteiger partial charge is 0.435 e. The molecule has 8 nitrogen and oxygen atoms in total. The van der Waals surface area contributed by atoms with Crippen molar-refractivity contribution in [2.45, 2.75) is 77.8 Å². The molecule has 1 heterocycles. The first-order chi connectivity index (χ1) is 20.7. The summed E-state index contributed by atoms with van der Waals surface area (Å²) >= 11 is 0. The van der Waals surface area contributed by atoms with Crippen molar-refractivity contribution in [1.82, 2.24) is 4.90 Å². The van der Waals surface area contributed by atoms with E-state index in [0.717, 1.165) is 17.0 Å². The molecule has 5 rings (SSSR count). The number of hydrogen-bond acceptors (Lipinski definition) is 6. The van der Waals surface area contributed by atoms with Crippen LogP contribution in [0.15, 0.2) is 47.4 Å². The molecule has 1 saturated carbocycles. The summed E-state index contributed by atoms with van der Waals surface area (Å²) in [5, 5.41) is 20.6. The van der Waals surface area contributed by atoms with Gasteiger partial charge in [0.05, 0.1) is 16.9 Å². The number of rotatable bonds is 6. The number of sulfone groups is 1. The van der Waals surface area contributed by atoms with Crippen molar-refractivity contribution < 1.29 is 63.7 Å². The average Bonchev–Trinajstić information content (AvgIpc) is 3.51. The molecule has 2 fully saturated rings. The van der Waals surface area contributed by atoms with E-state index >= 15 is 4.39 Å². The molecule has 1 aliphatic heterocycles. The van der Waals surface area contributed by atoms with Crippen LogP contribution in [0.5, 0.6) is 0 Å². The van der Waals surface area contributed by atoms with Crippen LogP contribution in [0.4, 0.5) is 30.7 Å². The number of amides is 1. The third-order valence-corrected chi connectivity index (χ3v) is 12.0. The first-order valence-corrected chi connectivity index (χ1v) is 15.3. The second-order valence-electron chi connectivity index (χ2n) is 11.7. The standard InChI is InChI=1S/C29H26F7NO7S/c30-27(28(31,32)33,29(34,35)36)19-3-6-21-18(13-19)14-22-26(21,45(43,44)20-4-1-16(15-38)2-5-20)11-12-37(22)24(41)25(42)9-7-17(8-10-25)23(39)40/h1-6,13,15,17,22,42H,7-12,14H2,(H,39,40)/t17-,22?,25+,26?. The first kappa shape index (κ1) is 32.9. The van der Waals surface area contributed by atoms with Crippen LogP contribution in [0.25, 0.3) is 0 Å². The zero-order valence-electron chi connectivity index (χ0n) is 23.2. The highest BCUT2D eigenvalue weighted by molar-refractivity contribution is 7.92. The van der Waals surface area contributed by atoms with Crippen LogP contribution < -0.4 is 0 Å². The van der Waals surface area contributed by atoms with E-state index in [2.05, 4.69) is 0 Å². The molecule has 2 unspecified atom stereocenters. The zero-order chi connectivity index (χ0) is 33.4. The fourth-order valence-electron chi connectivity index (χ4n) is 7.00. The Morgan fingerprint density at radius 1 is 0.911 bits per heavy atom. The van der Waals surface area contributed by atoms with Gasteiger partial charge in [0.1, 0.15) is 16.6 Å². The fourth-order valence-corrected chi connectivity index (χ4v) is 9.33. The lowest BCUT2D eigenvalue weighted by Gasteiger charge is -2.39. The second-order valence-corrected chi connectivity index (χ2v) is 13.9. The highest BCUT2D eigenvalue weighted by Crippen LogP contribution is 2.58. The van der Waals surface area contributed by atoms with Crippen molar-refractivity contribution in [2.24, 2.45) is 5.92 Å². The van der Waals surface area contributed by atoms with Crippen LogP contribution in [0, 0.1) is 5.92 Å². The number of carboxylic acids is 1. The first-order valence-electron chi connectivity index (χ1n) is 13.8. The largest absolute Gasteiger partial charge is 0.481 e. The Labute approximate surface area is 251 Å². The Bertz CT molecular complexity index is 1630. The number of carboxylic acid groups (broad SMARTS) is 1. The number of aliphatic hydroxyl groups is 1. The maximum atomic E-state index is 15.0. The number of carbonyl (C=O) groups is 3. The van der Waals surface area contributed by atoms with Gasteiger partial charge in [-0.3, -0.25) is 14.4 Å². The number of halogens is 7. The van der Waals surface area contributed by atoms with Crippen LogP contribution in [0.2, 0.25) is 0 Å². The van der Waals surface area contributed by atoms with Crippen LogP contribution >= 0.6 is 0 Å². The normalized spacial score (nSPS) is 27.2. The quantitative estimate of drug-likeness (QED) is 0.341. The number of aldehydes is 1. The van der Waals surface area contributed by atoms with Gasteiger partial charge < -0.3 is 15.1 Å². The number of hydrogen-bond donors (Lipinski definition) is 2. The topological polar surface area (TPSA) is 129 Å². The van der Waals surface area contributed by atoms with Gasteiger partial charge in [0.2, 0.25) is 0 Å². The molecular weight excluding hydrogens is 639 g/mol. The summed E-state index contributed by atoms with van der Waals surface area (Å²) in [5.74, 6) is -2.91. The van der Waals surface area contributed by atoms with Crippen molar-refractivity contribution >= 4 is 28.0 Å². The van der Waals surface area contributed by atoms with Crippen LogP contribution in [-0.2, 0) is 36.3 Å². The molecule has 1 saturated heterocycles. The Balaban J connectivity index is 1.64. The van der Waals surface area contributed by atoms with Crippen molar-refractivity contribution in [2.75, 3.05) is 6.54 Å². The lowest BCUT2D eigenvalue weighted by Crippen LogP contribution is -2.55. The molecule has 244 valence electrons. The molecular formula is C29H26F7NO7S. The third-order valence-electron chi connectivity index (χ3n) is 9.42. The number of carbonyl (C=O) groups excluding carboxylic acids is 2. The molecule has 2 aromatic rings. The van der Waals surface area contributed by atoms with E-state index in [0.29, 0.717) is 18.4 Å². The molecule has 0 bridgehead atoms. The molecule has 2 N–H and O–H groups in total. The maximum Gasteiger partial charge on any atom is 0.435 e. The number of aliphatic carboxylic acids is 1. The van der Waals surface area contributed by atoms with E-state index in [4.69, 9.17) is 0 Å².